The van der Waals surface area contributed by atoms with Crippen LogP contribution < -0.4 is 5.32 Å². The summed E-state index contributed by atoms with van der Waals surface area (Å²) >= 11 is 3.18. The smallest absolute Gasteiger partial charge is 0.289 e. The van der Waals surface area contributed by atoms with E-state index in [1.807, 2.05) is 7.05 Å². The molecule has 2 rings (SSSR count). The van der Waals surface area contributed by atoms with Gasteiger partial charge in [-0.1, -0.05) is 15.9 Å². The molecule has 0 aromatic heterocycles. The lowest BCUT2D eigenvalue weighted by atomic mass is 10.00. The van der Waals surface area contributed by atoms with E-state index in [1.54, 1.807) is 0 Å². The van der Waals surface area contributed by atoms with E-state index in [4.69, 9.17) is 0 Å². The summed E-state index contributed by atoms with van der Waals surface area (Å²) in [7, 11) is -2.05. The molecule has 0 bridgehead atoms. The first-order valence-electron chi connectivity index (χ1n) is 6.95. The highest BCUT2D eigenvalue weighted by molar-refractivity contribution is 9.10. The number of sulfonamides is 1. The fraction of sp³-hybridized carbons (Fsp3) is 0.538. The lowest BCUT2D eigenvalue weighted by molar-refractivity contribution is -0.387. The highest BCUT2D eigenvalue weighted by Crippen LogP contribution is 2.31. The van der Waals surface area contributed by atoms with E-state index in [1.165, 1.54) is 22.5 Å². The molecule has 122 valence electrons. The molecular weight excluding hydrogens is 374 g/mol. The number of nitro groups is 1. The van der Waals surface area contributed by atoms with E-state index >= 15 is 0 Å². The normalized spacial score (nSPS) is 20.0. The third kappa shape index (κ3) is 3.65. The minimum Gasteiger partial charge on any atom is -0.319 e. The SMILES string of the molecule is CNCC1CCCN(S(=O)(=O)c2cc(Br)ccc2[N+](=O)[O-])C1. The molecule has 1 unspecified atom stereocenters. The molecule has 1 N–H and O–H groups in total. The summed E-state index contributed by atoms with van der Waals surface area (Å²) in [5.41, 5.74) is -0.390. The lowest BCUT2D eigenvalue weighted by Gasteiger charge is -2.31. The van der Waals surface area contributed by atoms with Crippen LogP contribution in [0.25, 0.3) is 0 Å². The van der Waals surface area contributed by atoms with Crippen LogP contribution in [0.3, 0.4) is 0 Å². The fourth-order valence-electron chi connectivity index (χ4n) is 2.68. The number of nitro benzene ring substituents is 1. The van der Waals surface area contributed by atoms with Gasteiger partial charge in [-0.25, -0.2) is 8.42 Å². The summed E-state index contributed by atoms with van der Waals surface area (Å²) in [6.45, 7) is 1.51. The van der Waals surface area contributed by atoms with Crippen LogP contribution in [-0.2, 0) is 10.0 Å². The van der Waals surface area contributed by atoms with Gasteiger partial charge in [-0.2, -0.15) is 4.31 Å². The van der Waals surface area contributed by atoms with Crippen molar-refractivity contribution in [1.29, 1.82) is 0 Å². The average molecular weight is 392 g/mol. The van der Waals surface area contributed by atoms with Gasteiger partial charge in [0.25, 0.3) is 5.69 Å². The number of halogens is 1. The van der Waals surface area contributed by atoms with Gasteiger partial charge in [0.05, 0.1) is 4.92 Å². The van der Waals surface area contributed by atoms with Gasteiger partial charge >= 0.3 is 0 Å². The van der Waals surface area contributed by atoms with Crippen LogP contribution in [0.4, 0.5) is 5.69 Å². The molecule has 0 spiro atoms. The summed E-state index contributed by atoms with van der Waals surface area (Å²) in [6, 6.07) is 3.98. The van der Waals surface area contributed by atoms with Crippen molar-refractivity contribution < 1.29 is 13.3 Å². The Morgan fingerprint density at radius 1 is 1.50 bits per heavy atom. The van der Waals surface area contributed by atoms with Crippen LogP contribution in [-0.4, -0.2) is 44.3 Å². The number of piperidine rings is 1. The van der Waals surface area contributed by atoms with E-state index in [2.05, 4.69) is 21.2 Å². The zero-order chi connectivity index (χ0) is 16.3. The third-order valence-electron chi connectivity index (χ3n) is 3.71. The van der Waals surface area contributed by atoms with Gasteiger partial charge in [0, 0.05) is 23.6 Å². The number of benzene rings is 1. The minimum absolute atomic E-state index is 0.222. The van der Waals surface area contributed by atoms with Crippen LogP contribution in [0.15, 0.2) is 27.6 Å². The maximum absolute atomic E-state index is 12.8. The molecule has 1 aromatic rings. The summed E-state index contributed by atoms with van der Waals surface area (Å²) in [4.78, 5) is 10.2. The zero-order valence-electron chi connectivity index (χ0n) is 12.2. The maximum atomic E-state index is 12.8. The Balaban J connectivity index is 2.38. The molecule has 0 aliphatic carbocycles. The van der Waals surface area contributed by atoms with Crippen molar-refractivity contribution in [1.82, 2.24) is 9.62 Å². The van der Waals surface area contributed by atoms with E-state index in [9.17, 15) is 18.5 Å². The Kier molecular flexibility index (Phi) is 5.54. The number of rotatable bonds is 5. The van der Waals surface area contributed by atoms with Crippen LogP contribution in [0.2, 0.25) is 0 Å². The highest BCUT2D eigenvalue weighted by atomic mass is 79.9. The predicted octanol–water partition coefficient (Wildman–Crippen LogP) is 1.98. The molecule has 0 saturated carbocycles. The molecular formula is C13H18BrN3O4S. The van der Waals surface area contributed by atoms with Gasteiger partial charge in [0.1, 0.15) is 0 Å². The second-order valence-corrected chi connectivity index (χ2v) is 8.12. The summed E-state index contributed by atoms with van der Waals surface area (Å²) in [5.74, 6) is 0.222. The topological polar surface area (TPSA) is 92.6 Å². The van der Waals surface area contributed by atoms with E-state index in [-0.39, 0.29) is 16.5 Å². The number of hydrogen-bond donors (Lipinski definition) is 1. The van der Waals surface area contributed by atoms with Gasteiger partial charge < -0.3 is 5.32 Å². The van der Waals surface area contributed by atoms with Crippen molar-refractivity contribution in [2.45, 2.75) is 17.7 Å². The van der Waals surface area contributed by atoms with Crippen LogP contribution >= 0.6 is 15.9 Å². The molecule has 1 aliphatic heterocycles. The van der Waals surface area contributed by atoms with Crippen molar-refractivity contribution in [3.63, 3.8) is 0 Å². The fourth-order valence-corrected chi connectivity index (χ4v) is 4.94. The van der Waals surface area contributed by atoms with E-state index < -0.39 is 14.9 Å². The summed E-state index contributed by atoms with van der Waals surface area (Å²) in [6.07, 6.45) is 1.71. The van der Waals surface area contributed by atoms with E-state index in [0.717, 1.165) is 19.4 Å². The quantitative estimate of drug-likeness (QED) is 0.611. The van der Waals surface area contributed by atoms with Crippen molar-refractivity contribution in [2.24, 2.45) is 5.92 Å². The number of hydrogen-bond acceptors (Lipinski definition) is 5. The lowest BCUT2D eigenvalue weighted by Crippen LogP contribution is -2.42. The second-order valence-electron chi connectivity index (χ2n) is 5.30. The Labute approximate surface area is 138 Å². The van der Waals surface area contributed by atoms with Gasteiger partial charge in [-0.15, -0.1) is 0 Å². The molecule has 1 atom stereocenters. The van der Waals surface area contributed by atoms with Crippen molar-refractivity contribution in [3.05, 3.63) is 32.8 Å². The van der Waals surface area contributed by atoms with Gasteiger partial charge in [0.2, 0.25) is 10.0 Å². The molecule has 1 saturated heterocycles. The van der Waals surface area contributed by atoms with E-state index in [0.29, 0.717) is 17.6 Å². The second kappa shape index (κ2) is 7.03. The Morgan fingerprint density at radius 2 is 2.23 bits per heavy atom. The molecule has 1 aliphatic rings. The Morgan fingerprint density at radius 3 is 2.86 bits per heavy atom. The largest absolute Gasteiger partial charge is 0.319 e. The van der Waals surface area contributed by atoms with Crippen molar-refractivity contribution in [2.75, 3.05) is 26.7 Å². The van der Waals surface area contributed by atoms with Crippen molar-refractivity contribution in [3.8, 4) is 0 Å². The van der Waals surface area contributed by atoms with Crippen LogP contribution in [0, 0.1) is 16.0 Å². The standard InChI is InChI=1S/C13H18BrN3O4S/c1-15-8-10-3-2-6-16(9-10)22(20,21)13-7-11(14)4-5-12(13)17(18)19/h4-5,7,10,15H,2-3,6,8-9H2,1H3. The maximum Gasteiger partial charge on any atom is 0.289 e. The monoisotopic (exact) mass is 391 g/mol. The molecule has 1 heterocycles. The molecule has 7 nitrogen and oxygen atoms in total. The first-order chi connectivity index (χ1) is 10.4. The summed E-state index contributed by atoms with van der Waals surface area (Å²) < 4.78 is 27.4. The summed E-state index contributed by atoms with van der Waals surface area (Å²) in [5, 5.41) is 14.2. The van der Waals surface area contributed by atoms with Crippen LogP contribution in [0.5, 0.6) is 0 Å². The molecule has 9 heteroatoms. The Hall–Kier alpha value is -1.03. The molecule has 0 amide bonds. The number of nitrogens with zero attached hydrogens (tertiary/aromatic N) is 2. The van der Waals surface area contributed by atoms with Crippen molar-refractivity contribution >= 4 is 31.6 Å². The number of nitrogens with one attached hydrogen (secondary N) is 1. The third-order valence-corrected chi connectivity index (χ3v) is 6.10. The highest BCUT2D eigenvalue weighted by Gasteiger charge is 2.34. The average Bonchev–Trinajstić information content (AvgIpc) is 2.47. The van der Waals surface area contributed by atoms with Gasteiger partial charge in [-0.3, -0.25) is 10.1 Å². The first-order valence-corrected chi connectivity index (χ1v) is 9.18. The molecule has 22 heavy (non-hydrogen) atoms. The first kappa shape index (κ1) is 17.3. The molecule has 1 fully saturated rings. The minimum atomic E-state index is -3.88. The zero-order valence-corrected chi connectivity index (χ0v) is 14.6. The van der Waals surface area contributed by atoms with Gasteiger partial charge in [0.15, 0.2) is 4.90 Å². The molecule has 0 radical (unpaired) electrons. The van der Waals surface area contributed by atoms with Crippen LogP contribution in [0.1, 0.15) is 12.8 Å². The van der Waals surface area contributed by atoms with Gasteiger partial charge in [-0.05, 0) is 44.5 Å². The molecule has 1 aromatic carbocycles. The predicted molar refractivity (Wildman–Crippen MR) is 86.2 cm³/mol. The Bertz CT molecular complexity index is 663.